The second-order valence-electron chi connectivity index (χ2n) is 4.91. The second-order valence-corrected chi connectivity index (χ2v) is 4.91. The van der Waals surface area contributed by atoms with Gasteiger partial charge >= 0.3 is 0 Å². The van der Waals surface area contributed by atoms with Gasteiger partial charge in [0.1, 0.15) is 0 Å². The van der Waals surface area contributed by atoms with Crippen molar-refractivity contribution >= 4 is 18.0 Å². The third-order valence-electron chi connectivity index (χ3n) is 3.15. The number of rotatable bonds is 6. The molecular weight excluding hydrogens is 290 g/mol. The van der Waals surface area contributed by atoms with Crippen LogP contribution in [0.15, 0.2) is 59.7 Å². The Bertz CT molecular complexity index is 679. The van der Waals surface area contributed by atoms with Crippen LogP contribution in [-0.2, 0) is 6.54 Å². The summed E-state index contributed by atoms with van der Waals surface area (Å²) in [5.74, 6) is -0.379. The number of benzene rings is 2. The molecule has 0 aromatic heterocycles. The Morgan fingerprint density at radius 2 is 1.61 bits per heavy atom. The lowest BCUT2D eigenvalue weighted by Gasteiger charge is -2.06. The summed E-state index contributed by atoms with van der Waals surface area (Å²) in [7, 11) is 0. The van der Waals surface area contributed by atoms with E-state index in [-0.39, 0.29) is 11.8 Å². The number of nitrogens with zero attached hydrogens (tertiary/aromatic N) is 1. The van der Waals surface area contributed by atoms with Crippen LogP contribution in [-0.4, -0.2) is 18.0 Å². The van der Waals surface area contributed by atoms with E-state index >= 15 is 0 Å². The van der Waals surface area contributed by atoms with E-state index in [1.54, 1.807) is 30.5 Å². The highest BCUT2D eigenvalue weighted by Gasteiger charge is 2.06. The molecule has 2 aromatic rings. The van der Waals surface area contributed by atoms with Crippen LogP contribution in [0.4, 0.5) is 0 Å². The molecule has 5 heteroatoms. The van der Waals surface area contributed by atoms with Crippen molar-refractivity contribution in [3.63, 3.8) is 0 Å². The zero-order chi connectivity index (χ0) is 16.5. The smallest absolute Gasteiger partial charge is 0.271 e. The average molecular weight is 309 g/mol. The van der Waals surface area contributed by atoms with E-state index < -0.39 is 0 Å². The number of amides is 2. The molecule has 5 nitrogen and oxygen atoms in total. The number of hydrazone groups is 1. The highest BCUT2D eigenvalue weighted by Crippen LogP contribution is 2.05. The highest BCUT2D eigenvalue weighted by molar-refractivity contribution is 5.95. The van der Waals surface area contributed by atoms with Crippen molar-refractivity contribution in [2.24, 2.45) is 5.10 Å². The van der Waals surface area contributed by atoms with Gasteiger partial charge in [-0.15, -0.1) is 0 Å². The Labute approximate surface area is 135 Å². The van der Waals surface area contributed by atoms with Crippen LogP contribution in [0, 0.1) is 0 Å². The molecule has 2 aromatic carbocycles. The lowest BCUT2D eigenvalue weighted by molar-refractivity contribution is 0.0943. The Hall–Kier alpha value is -2.95. The van der Waals surface area contributed by atoms with Crippen LogP contribution in [0.25, 0.3) is 0 Å². The standard InChI is InChI=1S/C18H19N3O2/c1-2-12-20-21-18(23)16-10-8-14(9-11-16)13-19-17(22)15-6-4-3-5-7-15/h3-12H,2,13H2,1H3,(H,19,22)(H,21,23)/b20-12+. The minimum atomic E-state index is -0.255. The van der Waals surface area contributed by atoms with E-state index in [9.17, 15) is 9.59 Å². The third kappa shape index (κ3) is 5.07. The maximum atomic E-state index is 11.9. The van der Waals surface area contributed by atoms with Crippen molar-refractivity contribution < 1.29 is 9.59 Å². The zero-order valence-corrected chi connectivity index (χ0v) is 13.0. The normalized spacial score (nSPS) is 10.5. The van der Waals surface area contributed by atoms with Crippen LogP contribution in [0.2, 0.25) is 0 Å². The molecule has 0 saturated carbocycles. The molecule has 0 aliphatic carbocycles. The minimum absolute atomic E-state index is 0.124. The van der Waals surface area contributed by atoms with E-state index in [4.69, 9.17) is 0 Å². The largest absolute Gasteiger partial charge is 0.348 e. The molecule has 0 aliphatic rings. The zero-order valence-electron chi connectivity index (χ0n) is 13.0. The lowest BCUT2D eigenvalue weighted by Crippen LogP contribution is -2.22. The predicted molar refractivity (Wildman–Crippen MR) is 90.3 cm³/mol. The topological polar surface area (TPSA) is 70.6 Å². The van der Waals surface area contributed by atoms with Crippen LogP contribution in [0.1, 0.15) is 39.6 Å². The molecule has 0 atom stereocenters. The van der Waals surface area contributed by atoms with Gasteiger partial charge in [-0.2, -0.15) is 5.10 Å². The maximum absolute atomic E-state index is 11.9. The minimum Gasteiger partial charge on any atom is -0.348 e. The number of nitrogens with one attached hydrogen (secondary N) is 2. The SMILES string of the molecule is CC/C=N/NC(=O)c1ccc(CNC(=O)c2ccccc2)cc1. The van der Waals surface area contributed by atoms with Gasteiger partial charge in [0.25, 0.3) is 11.8 Å². The summed E-state index contributed by atoms with van der Waals surface area (Å²) in [6, 6.07) is 16.1. The Kier molecular flexibility index (Phi) is 6.06. The van der Waals surface area contributed by atoms with Crippen molar-refractivity contribution in [1.29, 1.82) is 0 Å². The molecular formula is C18H19N3O2. The lowest BCUT2D eigenvalue weighted by atomic mass is 10.1. The van der Waals surface area contributed by atoms with E-state index in [0.29, 0.717) is 17.7 Å². The van der Waals surface area contributed by atoms with Gasteiger partial charge in [-0.1, -0.05) is 37.3 Å². The molecule has 0 unspecified atom stereocenters. The van der Waals surface area contributed by atoms with Gasteiger partial charge in [-0.25, -0.2) is 5.43 Å². The van der Waals surface area contributed by atoms with Crippen LogP contribution in [0.3, 0.4) is 0 Å². The van der Waals surface area contributed by atoms with E-state index in [1.165, 1.54) is 0 Å². The summed E-state index contributed by atoms with van der Waals surface area (Å²) in [6.07, 6.45) is 2.39. The fraction of sp³-hybridized carbons (Fsp3) is 0.167. The summed E-state index contributed by atoms with van der Waals surface area (Å²) >= 11 is 0. The predicted octanol–water partition coefficient (Wildman–Crippen LogP) is 2.74. The van der Waals surface area contributed by atoms with Crippen molar-refractivity contribution in [2.45, 2.75) is 19.9 Å². The van der Waals surface area contributed by atoms with Crippen LogP contribution < -0.4 is 10.7 Å². The summed E-state index contributed by atoms with van der Waals surface area (Å²) < 4.78 is 0. The Morgan fingerprint density at radius 3 is 2.26 bits per heavy atom. The Balaban J connectivity index is 1.89. The second kappa shape index (κ2) is 8.48. The van der Waals surface area contributed by atoms with Crippen molar-refractivity contribution in [3.8, 4) is 0 Å². The summed E-state index contributed by atoms with van der Waals surface area (Å²) in [5, 5.41) is 6.64. The highest BCUT2D eigenvalue weighted by atomic mass is 16.2. The summed E-state index contributed by atoms with van der Waals surface area (Å²) in [6.45, 7) is 2.35. The molecule has 0 fully saturated rings. The van der Waals surface area contributed by atoms with E-state index in [0.717, 1.165) is 12.0 Å². The third-order valence-corrected chi connectivity index (χ3v) is 3.15. The van der Waals surface area contributed by atoms with Gasteiger partial charge in [-0.3, -0.25) is 9.59 Å². The first-order valence-electron chi connectivity index (χ1n) is 7.44. The molecule has 0 radical (unpaired) electrons. The molecule has 2 N–H and O–H groups in total. The van der Waals surface area contributed by atoms with Gasteiger partial charge in [0.2, 0.25) is 0 Å². The van der Waals surface area contributed by atoms with Crippen molar-refractivity contribution in [1.82, 2.24) is 10.7 Å². The van der Waals surface area contributed by atoms with Crippen LogP contribution in [0.5, 0.6) is 0 Å². The van der Waals surface area contributed by atoms with Gasteiger partial charge in [-0.05, 0) is 36.2 Å². The summed E-state index contributed by atoms with van der Waals surface area (Å²) in [4.78, 5) is 23.7. The molecule has 0 saturated heterocycles. The first-order valence-corrected chi connectivity index (χ1v) is 7.44. The molecule has 0 heterocycles. The van der Waals surface area contributed by atoms with E-state index in [1.807, 2.05) is 37.3 Å². The number of carbonyl (C=O) groups excluding carboxylic acids is 2. The number of hydrogen-bond acceptors (Lipinski definition) is 3. The number of carbonyl (C=O) groups is 2. The first kappa shape index (κ1) is 16.4. The van der Waals surface area contributed by atoms with Gasteiger partial charge < -0.3 is 5.32 Å². The molecule has 0 aliphatic heterocycles. The van der Waals surface area contributed by atoms with Crippen molar-refractivity contribution in [2.75, 3.05) is 0 Å². The van der Waals surface area contributed by atoms with Gasteiger partial charge in [0, 0.05) is 23.9 Å². The molecule has 23 heavy (non-hydrogen) atoms. The van der Waals surface area contributed by atoms with Gasteiger partial charge in [0.05, 0.1) is 0 Å². The molecule has 0 bridgehead atoms. The summed E-state index contributed by atoms with van der Waals surface area (Å²) in [5.41, 5.74) is 4.52. The fourth-order valence-electron chi connectivity index (χ4n) is 1.91. The molecule has 2 amide bonds. The molecule has 0 spiro atoms. The van der Waals surface area contributed by atoms with Crippen molar-refractivity contribution in [3.05, 3.63) is 71.3 Å². The fourth-order valence-corrected chi connectivity index (χ4v) is 1.91. The molecule has 2 rings (SSSR count). The maximum Gasteiger partial charge on any atom is 0.271 e. The first-order chi connectivity index (χ1) is 11.2. The van der Waals surface area contributed by atoms with Gasteiger partial charge in [0.15, 0.2) is 0 Å². The van der Waals surface area contributed by atoms with E-state index in [2.05, 4.69) is 15.8 Å². The molecule has 118 valence electrons. The Morgan fingerprint density at radius 1 is 0.957 bits per heavy atom. The van der Waals surface area contributed by atoms with Crippen LogP contribution >= 0.6 is 0 Å². The monoisotopic (exact) mass is 309 g/mol. The quantitative estimate of drug-likeness (QED) is 0.636. The average Bonchev–Trinajstić information content (AvgIpc) is 2.61. The number of hydrogen-bond donors (Lipinski definition) is 2.